The van der Waals surface area contributed by atoms with Crippen LogP contribution in [-0.2, 0) is 14.3 Å². The van der Waals surface area contributed by atoms with Crippen molar-refractivity contribution in [1.82, 2.24) is 10.3 Å². The molecule has 0 saturated heterocycles. The van der Waals surface area contributed by atoms with Crippen molar-refractivity contribution >= 4 is 28.8 Å². The summed E-state index contributed by atoms with van der Waals surface area (Å²) < 4.78 is 10.8. The van der Waals surface area contributed by atoms with Crippen LogP contribution in [0.3, 0.4) is 0 Å². The van der Waals surface area contributed by atoms with Gasteiger partial charge in [0.25, 0.3) is 5.19 Å². The fourth-order valence-electron chi connectivity index (χ4n) is 6.36. The van der Waals surface area contributed by atoms with Gasteiger partial charge in [0.2, 0.25) is 11.8 Å². The Labute approximate surface area is 261 Å². The third-order valence-corrected chi connectivity index (χ3v) is 9.83. The van der Waals surface area contributed by atoms with E-state index in [0.717, 1.165) is 84.4 Å². The molecule has 2 aliphatic carbocycles. The van der Waals surface area contributed by atoms with Crippen molar-refractivity contribution in [3.05, 3.63) is 66.1 Å². The Morgan fingerprint density at radius 1 is 1.02 bits per heavy atom. The first-order chi connectivity index (χ1) is 20.7. The Kier molecular flexibility index (Phi) is 11.6. The number of methoxy groups -OCH3 is 2. The van der Waals surface area contributed by atoms with Crippen LogP contribution >= 0.6 is 11.3 Å². The minimum absolute atomic E-state index is 0.00206. The number of amides is 2. The van der Waals surface area contributed by atoms with Crippen LogP contribution in [-0.4, -0.2) is 43.6 Å². The van der Waals surface area contributed by atoms with Crippen LogP contribution in [0.1, 0.15) is 72.1 Å². The van der Waals surface area contributed by atoms with Crippen LogP contribution < -0.4 is 15.0 Å². The van der Waals surface area contributed by atoms with Crippen LogP contribution in [0.2, 0.25) is 0 Å². The van der Waals surface area contributed by atoms with Gasteiger partial charge in [0, 0.05) is 37.3 Å². The van der Waals surface area contributed by atoms with Crippen LogP contribution in [0.25, 0.3) is 10.4 Å². The lowest BCUT2D eigenvalue weighted by atomic mass is 9.78. The smallest absolute Gasteiger partial charge is 0.273 e. The van der Waals surface area contributed by atoms with Gasteiger partial charge in [-0.25, -0.2) is 4.98 Å². The van der Waals surface area contributed by atoms with E-state index < -0.39 is 0 Å². The molecule has 1 N–H and O–H groups in total. The largest absolute Gasteiger partial charge is 0.497 e. The van der Waals surface area contributed by atoms with E-state index in [1.54, 1.807) is 21.1 Å². The lowest BCUT2D eigenvalue weighted by Crippen LogP contribution is -2.44. The highest BCUT2D eigenvalue weighted by Crippen LogP contribution is 2.37. The highest BCUT2D eigenvalue weighted by Gasteiger charge is 2.33. The number of aromatic nitrogens is 1. The summed E-state index contributed by atoms with van der Waals surface area (Å²) in [5, 5.41) is 3.66. The number of ether oxygens (including phenoxy) is 2. The number of benzene rings is 1. The van der Waals surface area contributed by atoms with E-state index in [-0.39, 0.29) is 23.8 Å². The molecule has 43 heavy (non-hydrogen) atoms. The molecule has 0 unspecified atom stereocenters. The molecule has 1 heterocycles. The topological polar surface area (TPSA) is 80.8 Å². The zero-order valence-electron chi connectivity index (χ0n) is 26.4. The number of hydrogen-bond acceptors (Lipinski definition) is 6. The SMILES string of the molecule is C=C(/C=C\C(OC)=C(C)C)C1CCC(CN(C(=O)C2CCC(NC(C)=O)CC2)c2cccc(-c3cnc(OC)s3)c2)CC1. The van der Waals surface area contributed by atoms with E-state index >= 15 is 0 Å². The maximum atomic E-state index is 14.2. The van der Waals surface area contributed by atoms with Crippen molar-refractivity contribution in [3.63, 3.8) is 0 Å². The van der Waals surface area contributed by atoms with E-state index in [2.05, 4.69) is 41.2 Å². The minimum atomic E-state index is -0.0384. The Balaban J connectivity index is 1.48. The second-order valence-electron chi connectivity index (χ2n) is 12.1. The molecule has 0 bridgehead atoms. The first-order valence-corrected chi connectivity index (χ1v) is 16.3. The summed E-state index contributed by atoms with van der Waals surface area (Å²) >= 11 is 1.50. The molecule has 1 aromatic heterocycles. The van der Waals surface area contributed by atoms with E-state index in [4.69, 9.17) is 9.47 Å². The molecule has 2 aromatic rings. The number of anilines is 1. The van der Waals surface area contributed by atoms with Crippen LogP contribution in [0.4, 0.5) is 5.69 Å². The number of carbonyl (C=O) groups is 2. The number of thiazole rings is 1. The molecule has 0 atom stereocenters. The molecular formula is C35H47N3O4S. The Morgan fingerprint density at radius 3 is 2.33 bits per heavy atom. The number of carbonyl (C=O) groups excluding carboxylic acids is 2. The molecule has 7 nitrogen and oxygen atoms in total. The van der Waals surface area contributed by atoms with Crippen molar-refractivity contribution < 1.29 is 19.1 Å². The van der Waals surface area contributed by atoms with E-state index in [0.29, 0.717) is 23.6 Å². The summed E-state index contributed by atoms with van der Waals surface area (Å²) in [5.74, 6) is 1.91. The summed E-state index contributed by atoms with van der Waals surface area (Å²) in [6.07, 6.45) is 13.5. The quantitative estimate of drug-likeness (QED) is 0.210. The molecule has 2 saturated carbocycles. The lowest BCUT2D eigenvalue weighted by molar-refractivity contribution is -0.123. The Morgan fingerprint density at radius 2 is 1.72 bits per heavy atom. The van der Waals surface area contributed by atoms with Gasteiger partial charge in [-0.1, -0.05) is 41.7 Å². The maximum Gasteiger partial charge on any atom is 0.273 e. The number of allylic oxidation sites excluding steroid dienone is 4. The fourth-order valence-corrected chi connectivity index (χ4v) is 7.09. The Bertz CT molecular complexity index is 1330. The van der Waals surface area contributed by atoms with Crippen molar-refractivity contribution in [2.75, 3.05) is 25.7 Å². The summed E-state index contributed by atoms with van der Waals surface area (Å²) in [6, 6.07) is 8.42. The average Bonchev–Trinajstić information content (AvgIpc) is 3.50. The molecule has 2 aliphatic rings. The molecule has 0 spiro atoms. The van der Waals surface area contributed by atoms with Gasteiger partial charge in [0.15, 0.2) is 0 Å². The van der Waals surface area contributed by atoms with Gasteiger partial charge >= 0.3 is 0 Å². The third kappa shape index (κ3) is 8.82. The third-order valence-electron chi connectivity index (χ3n) is 8.82. The van der Waals surface area contributed by atoms with E-state index in [1.165, 1.54) is 11.3 Å². The standard InChI is InChI=1S/C35H47N3O4S/c1-23(2)32(41-5)19-10-24(3)27-13-11-26(12-14-27)22-38(34(40)28-15-17-30(18-16-28)37-25(4)39)31-9-7-8-29(20-31)33-21-36-35(42-6)43-33/h7-10,19-21,26-28,30H,3,11-18,22H2,1-2,4-6H3,(H,37,39)/b19-10-. The normalized spacial score (nSPS) is 22.1. The molecule has 4 rings (SSSR count). The Hall–Kier alpha value is -3.39. The summed E-state index contributed by atoms with van der Waals surface area (Å²) in [4.78, 5) is 33.1. The van der Waals surface area contributed by atoms with E-state index in [1.807, 2.05) is 37.1 Å². The van der Waals surface area contributed by atoms with Crippen LogP contribution in [0, 0.1) is 17.8 Å². The fraction of sp³-hybridized carbons (Fsp3) is 0.514. The van der Waals surface area contributed by atoms with Crippen LogP contribution in [0.5, 0.6) is 5.19 Å². The monoisotopic (exact) mass is 605 g/mol. The van der Waals surface area contributed by atoms with Gasteiger partial charge < -0.3 is 19.7 Å². The first kappa shape index (κ1) is 32.5. The predicted molar refractivity (Wildman–Crippen MR) is 175 cm³/mol. The van der Waals surface area contributed by atoms with Crippen molar-refractivity contribution in [3.8, 4) is 15.6 Å². The highest BCUT2D eigenvalue weighted by molar-refractivity contribution is 7.16. The predicted octanol–water partition coefficient (Wildman–Crippen LogP) is 7.71. The zero-order chi connectivity index (χ0) is 30.9. The molecule has 1 aromatic carbocycles. The molecule has 0 aliphatic heterocycles. The van der Waals surface area contributed by atoms with Gasteiger partial charge in [0.1, 0.15) is 5.76 Å². The first-order valence-electron chi connectivity index (χ1n) is 15.5. The molecular weight excluding hydrogens is 558 g/mol. The maximum absolute atomic E-state index is 14.2. The summed E-state index contributed by atoms with van der Waals surface area (Å²) in [6.45, 7) is 10.7. The zero-order valence-corrected chi connectivity index (χ0v) is 27.2. The van der Waals surface area contributed by atoms with Crippen molar-refractivity contribution in [1.29, 1.82) is 0 Å². The molecule has 232 valence electrons. The number of nitrogens with zero attached hydrogens (tertiary/aromatic N) is 2. The van der Waals surface area contributed by atoms with Crippen LogP contribution in [0.15, 0.2) is 66.1 Å². The minimum Gasteiger partial charge on any atom is -0.497 e. The van der Waals surface area contributed by atoms with Crippen molar-refractivity contribution in [2.45, 2.75) is 78.2 Å². The van der Waals surface area contributed by atoms with Gasteiger partial charge in [-0.2, -0.15) is 0 Å². The summed E-state index contributed by atoms with van der Waals surface area (Å²) in [5.41, 5.74) is 4.25. The number of hydrogen-bond donors (Lipinski definition) is 1. The lowest BCUT2D eigenvalue weighted by Gasteiger charge is -2.36. The molecule has 2 fully saturated rings. The number of nitrogens with one attached hydrogen (secondary N) is 1. The molecule has 0 radical (unpaired) electrons. The molecule has 2 amide bonds. The second-order valence-corrected chi connectivity index (χ2v) is 13.1. The van der Waals surface area contributed by atoms with Gasteiger partial charge in [-0.15, -0.1) is 0 Å². The average molecular weight is 606 g/mol. The second kappa shape index (κ2) is 15.4. The van der Waals surface area contributed by atoms with Gasteiger partial charge in [-0.3, -0.25) is 9.59 Å². The van der Waals surface area contributed by atoms with Gasteiger partial charge in [-0.05, 0) is 106 Å². The molecule has 8 heteroatoms. The summed E-state index contributed by atoms with van der Waals surface area (Å²) in [7, 11) is 3.33. The van der Waals surface area contributed by atoms with Gasteiger partial charge in [0.05, 0.1) is 19.1 Å². The van der Waals surface area contributed by atoms with Crippen molar-refractivity contribution in [2.24, 2.45) is 17.8 Å². The highest BCUT2D eigenvalue weighted by atomic mass is 32.1. The number of rotatable bonds is 11. The van der Waals surface area contributed by atoms with E-state index in [9.17, 15) is 9.59 Å².